The van der Waals surface area contributed by atoms with Gasteiger partial charge in [0.25, 0.3) is 0 Å². The van der Waals surface area contributed by atoms with Crippen LogP contribution < -0.4 is 9.47 Å². The molecule has 1 aromatic rings. The highest BCUT2D eigenvalue weighted by atomic mass is 16.8. The summed E-state index contributed by atoms with van der Waals surface area (Å²) in [5, 5.41) is 108. The molecule has 3 aliphatic heterocycles. The minimum Gasteiger partial charge on any atom is -0.502 e. The highest BCUT2D eigenvalue weighted by Crippen LogP contribution is 2.76. The molecule has 0 unspecified atom stereocenters. The van der Waals surface area contributed by atoms with E-state index in [1.165, 1.54) is 33.3 Å². The summed E-state index contributed by atoms with van der Waals surface area (Å²) in [5.41, 5.74) is -2.38. The highest BCUT2D eigenvalue weighted by molar-refractivity contribution is 5.91. The summed E-state index contributed by atoms with van der Waals surface area (Å²) >= 11 is 0. The lowest BCUT2D eigenvalue weighted by atomic mass is 9.32. The summed E-state index contributed by atoms with van der Waals surface area (Å²) in [4.78, 5) is 40.9. The molecule has 0 aromatic heterocycles. The molecular formula is C56H82O22. The third-order valence-electron chi connectivity index (χ3n) is 20.9. The summed E-state index contributed by atoms with van der Waals surface area (Å²) < 4.78 is 53.3. The van der Waals surface area contributed by atoms with Crippen molar-refractivity contribution in [2.24, 2.45) is 50.2 Å². The highest BCUT2D eigenvalue weighted by Gasteiger charge is 2.71. The van der Waals surface area contributed by atoms with Crippen LogP contribution in [0.15, 0.2) is 23.8 Å². The molecule has 9 rings (SSSR count). The second kappa shape index (κ2) is 21.3. The number of phenols is 1. The molecule has 24 atom stereocenters. The number of aldehydes is 1. The standard InChI is InChI=1S/C56H82O22/c1-25-36(60)39(63)42(66)48(73-25)77-44-37(61)29(59)22-72-49(44)78-45-41(65)40(64)43(46(67)68)76-50(45)75-34-13-15-56(24-58)32(51(34,2)3)12-14-55(7)33(56)11-10-27-28-20-52(4,23-57)21-35(53(28,5)16-17-54(27,55)6)74-47(69)26-18-30(70-8)38(62)31(19-26)71-9/h18-20,24-25,27,29,32-37,39-45,48-50,57,59-66H,10-17,21-23H2,1-9H3,(H,67,68)/t25-,27-,29+,32+,33-,34-,35+,36-,37-,39+,40-,41-,42+,43-,44+,45+,48-,49-,50+,52+,53+,54+,55+,56+/m0/s1. The smallest absolute Gasteiger partial charge is 0.338 e. The van der Waals surface area contributed by atoms with Gasteiger partial charge in [-0.1, -0.05) is 53.2 Å². The number of hydrogen-bond donors (Lipinski definition) is 10. The first-order chi connectivity index (χ1) is 36.6. The fraction of sp³-hybridized carbons (Fsp3) is 0.804. The Morgan fingerprint density at radius 3 is 1.99 bits per heavy atom. The van der Waals surface area contributed by atoms with E-state index >= 15 is 0 Å². The van der Waals surface area contributed by atoms with Gasteiger partial charge in [-0.15, -0.1) is 0 Å². The van der Waals surface area contributed by atoms with Crippen molar-refractivity contribution in [2.75, 3.05) is 27.4 Å². The van der Waals surface area contributed by atoms with E-state index in [2.05, 4.69) is 26.8 Å². The van der Waals surface area contributed by atoms with Crippen LogP contribution in [0.5, 0.6) is 17.2 Å². The SMILES string of the molecule is COc1cc(C(=O)O[C@@H]2C[C@](C)(CO)C=C3[C@@H]4CC[C@@H]5[C@@]6(C=O)CC[C@H](O[C@@H]7O[C@H](C(=O)O)[C@@H](O)[C@H](O)[C@H]7O[C@@H]7OC[C@@H](O)[C@H](O)[C@H]7O[C@@H]7O[C@@H](C)[C@H](O)[C@@H](O)[C@H]7O)C(C)(C)[C@H]6CC[C@@]5(C)[C@]4(C)CC[C@]32C)cc(OC)c1O. The number of aliphatic hydroxyl groups is 8. The van der Waals surface area contributed by atoms with E-state index in [1.807, 2.05) is 20.8 Å². The number of benzene rings is 1. The molecule has 7 fully saturated rings. The Hall–Kier alpha value is -3.59. The van der Waals surface area contributed by atoms with E-state index in [-0.39, 0.29) is 58.0 Å². The normalized spacial score (nSPS) is 47.9. The zero-order valence-corrected chi connectivity index (χ0v) is 45.9. The van der Waals surface area contributed by atoms with Gasteiger partial charge in [0.15, 0.2) is 36.5 Å². The zero-order chi connectivity index (χ0) is 57.0. The van der Waals surface area contributed by atoms with Gasteiger partial charge in [-0.25, -0.2) is 9.59 Å². The van der Waals surface area contributed by atoms with Gasteiger partial charge < -0.3 is 98.5 Å². The number of aliphatic carboxylic acids is 1. The van der Waals surface area contributed by atoms with Crippen LogP contribution in [0.1, 0.15) is 117 Å². The number of carbonyl (C=O) groups excluding carboxylic acids is 2. The summed E-state index contributed by atoms with van der Waals surface area (Å²) in [7, 11) is 2.75. The number of methoxy groups -OCH3 is 2. The van der Waals surface area contributed by atoms with Crippen molar-refractivity contribution in [1.29, 1.82) is 0 Å². The maximum Gasteiger partial charge on any atom is 0.338 e. The number of fused-ring (bicyclic) bond motifs is 7. The molecule has 8 aliphatic rings. The first-order valence-corrected chi connectivity index (χ1v) is 27.4. The van der Waals surface area contributed by atoms with Crippen LogP contribution in [-0.2, 0) is 42.7 Å². The Balaban J connectivity index is 0.965. The van der Waals surface area contributed by atoms with E-state index in [0.29, 0.717) is 38.5 Å². The van der Waals surface area contributed by atoms with Crippen molar-refractivity contribution in [2.45, 2.75) is 204 Å². The minimum absolute atomic E-state index is 0.0156. The Labute approximate surface area is 453 Å². The van der Waals surface area contributed by atoms with Crippen molar-refractivity contribution in [3.05, 3.63) is 29.3 Å². The van der Waals surface area contributed by atoms with Crippen molar-refractivity contribution < 1.29 is 108 Å². The van der Waals surface area contributed by atoms with E-state index in [9.17, 15) is 65.4 Å². The molecule has 22 nitrogen and oxygen atoms in total. The predicted molar refractivity (Wildman–Crippen MR) is 269 cm³/mol. The molecule has 0 bridgehead atoms. The third kappa shape index (κ3) is 9.38. The van der Waals surface area contributed by atoms with Gasteiger partial charge in [-0.3, -0.25) is 0 Å². The average Bonchev–Trinajstić information content (AvgIpc) is 3.58. The van der Waals surface area contributed by atoms with E-state index in [1.54, 1.807) is 0 Å². The van der Waals surface area contributed by atoms with Crippen LogP contribution in [0.2, 0.25) is 0 Å². The second-order valence-electron chi connectivity index (χ2n) is 25.4. The zero-order valence-electron chi connectivity index (χ0n) is 45.9. The number of aromatic hydroxyl groups is 1. The molecule has 78 heavy (non-hydrogen) atoms. The van der Waals surface area contributed by atoms with E-state index < -0.39 is 138 Å². The minimum atomic E-state index is -2.05. The Bertz CT molecular complexity index is 2410. The van der Waals surface area contributed by atoms with E-state index in [4.69, 9.17) is 42.6 Å². The molecule has 4 saturated carbocycles. The van der Waals surface area contributed by atoms with Gasteiger partial charge in [0.2, 0.25) is 5.75 Å². The largest absolute Gasteiger partial charge is 0.502 e. The van der Waals surface area contributed by atoms with Crippen LogP contribution in [0.3, 0.4) is 0 Å². The quantitative estimate of drug-likeness (QED) is 0.0585. The fourth-order valence-corrected chi connectivity index (χ4v) is 16.0. The molecule has 5 aliphatic carbocycles. The first-order valence-electron chi connectivity index (χ1n) is 27.4. The lowest BCUT2D eigenvalue weighted by molar-refractivity contribution is -0.386. The van der Waals surface area contributed by atoms with Gasteiger partial charge in [0.05, 0.1) is 45.2 Å². The molecule has 0 radical (unpaired) electrons. The van der Waals surface area contributed by atoms with Crippen molar-refractivity contribution in [1.82, 2.24) is 0 Å². The molecule has 3 saturated heterocycles. The molecule has 22 heteroatoms. The van der Waals surface area contributed by atoms with Crippen molar-refractivity contribution in [3.63, 3.8) is 0 Å². The monoisotopic (exact) mass is 1110 g/mol. The van der Waals surface area contributed by atoms with Crippen LogP contribution in [0, 0.1) is 50.2 Å². The second-order valence-corrected chi connectivity index (χ2v) is 25.4. The van der Waals surface area contributed by atoms with Crippen molar-refractivity contribution >= 4 is 18.2 Å². The lowest BCUT2D eigenvalue weighted by Crippen LogP contribution is -2.68. The fourth-order valence-electron chi connectivity index (χ4n) is 16.0. The maximum absolute atomic E-state index is 14.2. The van der Waals surface area contributed by atoms with Gasteiger partial charge in [-0.2, -0.15) is 0 Å². The topological polar surface area (TPSA) is 337 Å². The molecule has 1 aromatic carbocycles. The van der Waals surface area contributed by atoms with Crippen LogP contribution in [0.4, 0.5) is 0 Å². The number of phenolic OH excluding ortho intramolecular Hbond substituents is 1. The van der Waals surface area contributed by atoms with Crippen molar-refractivity contribution in [3.8, 4) is 17.2 Å². The number of esters is 1. The molecule has 0 spiro atoms. The molecule has 3 heterocycles. The number of rotatable bonds is 13. The summed E-state index contributed by atoms with van der Waals surface area (Å²) in [6.45, 7) is 13.5. The Morgan fingerprint density at radius 2 is 1.36 bits per heavy atom. The molecular weight excluding hydrogens is 1020 g/mol. The van der Waals surface area contributed by atoms with Crippen LogP contribution in [-0.4, -0.2) is 195 Å². The number of carbonyl (C=O) groups is 3. The molecule has 10 N–H and O–H groups in total. The van der Waals surface area contributed by atoms with Gasteiger partial charge in [0, 0.05) is 16.2 Å². The van der Waals surface area contributed by atoms with Gasteiger partial charge >= 0.3 is 11.9 Å². The molecule has 438 valence electrons. The number of ether oxygens (including phenoxy) is 9. The number of hydrogen-bond acceptors (Lipinski definition) is 21. The number of carboxylic acids is 1. The Kier molecular flexibility index (Phi) is 16.1. The lowest BCUT2D eigenvalue weighted by Gasteiger charge is -2.72. The summed E-state index contributed by atoms with van der Waals surface area (Å²) in [6.07, 6.45) is -16.7. The van der Waals surface area contributed by atoms with E-state index in [0.717, 1.165) is 31.1 Å². The first kappa shape index (κ1) is 59.0. The Morgan fingerprint density at radius 1 is 0.705 bits per heavy atom. The van der Waals surface area contributed by atoms with Gasteiger partial charge in [-0.05, 0) is 111 Å². The van der Waals surface area contributed by atoms with Crippen LogP contribution >= 0.6 is 0 Å². The predicted octanol–water partition coefficient (Wildman–Crippen LogP) is 2.11. The summed E-state index contributed by atoms with van der Waals surface area (Å²) in [5.74, 6) is -2.67. The van der Waals surface area contributed by atoms with Gasteiger partial charge in [0.1, 0.15) is 67.3 Å². The summed E-state index contributed by atoms with van der Waals surface area (Å²) in [6, 6.07) is 2.83. The number of carboxylic acid groups (broad SMARTS) is 1. The molecule has 0 amide bonds. The third-order valence-corrected chi connectivity index (χ3v) is 20.9. The maximum atomic E-state index is 14.2. The number of aliphatic hydroxyl groups excluding tert-OH is 8. The van der Waals surface area contributed by atoms with Crippen LogP contribution in [0.25, 0.3) is 0 Å². The average molecular weight is 1110 g/mol.